The summed E-state index contributed by atoms with van der Waals surface area (Å²) in [7, 11) is 0. The largest absolute Gasteiger partial charge is 0.339 e. The van der Waals surface area contributed by atoms with Crippen molar-refractivity contribution in [1.29, 1.82) is 0 Å². The van der Waals surface area contributed by atoms with Crippen LogP contribution in [0, 0.1) is 13.8 Å². The van der Waals surface area contributed by atoms with Crippen LogP contribution >= 0.6 is 0 Å². The molecule has 1 aromatic carbocycles. The summed E-state index contributed by atoms with van der Waals surface area (Å²) in [6.07, 6.45) is 0.511. The molecular formula is C16H24N2O. The van der Waals surface area contributed by atoms with E-state index in [1.54, 1.807) is 0 Å². The highest BCUT2D eigenvalue weighted by atomic mass is 16.2. The van der Waals surface area contributed by atoms with E-state index in [1.807, 2.05) is 4.90 Å². The zero-order chi connectivity index (χ0) is 14.0. The van der Waals surface area contributed by atoms with Crippen LogP contribution in [-0.2, 0) is 11.2 Å². The number of aryl methyl sites for hydroxylation is 2. The molecule has 0 unspecified atom stereocenters. The topological polar surface area (TPSA) is 32.3 Å². The monoisotopic (exact) mass is 260 g/mol. The summed E-state index contributed by atoms with van der Waals surface area (Å²) < 4.78 is 0. The average molecular weight is 260 g/mol. The van der Waals surface area contributed by atoms with Crippen molar-refractivity contribution in [3.8, 4) is 0 Å². The Kier molecular flexibility index (Phi) is 3.95. The Morgan fingerprint density at radius 3 is 2.68 bits per heavy atom. The normalized spacial score (nSPS) is 18.4. The van der Waals surface area contributed by atoms with E-state index in [0.717, 1.165) is 25.2 Å². The molecule has 1 saturated heterocycles. The van der Waals surface area contributed by atoms with Crippen LogP contribution in [0.1, 0.15) is 30.5 Å². The van der Waals surface area contributed by atoms with Crippen molar-refractivity contribution in [3.63, 3.8) is 0 Å². The number of carbonyl (C=O) groups is 1. The molecule has 1 heterocycles. The summed E-state index contributed by atoms with van der Waals surface area (Å²) in [6, 6.07) is 6.29. The number of piperazine rings is 1. The van der Waals surface area contributed by atoms with E-state index < -0.39 is 0 Å². The molecule has 0 spiro atoms. The minimum atomic E-state index is 0.0249. The molecule has 104 valence electrons. The molecule has 1 aliphatic heterocycles. The molecule has 1 aromatic rings. The van der Waals surface area contributed by atoms with Gasteiger partial charge >= 0.3 is 0 Å². The molecule has 1 amide bonds. The maximum atomic E-state index is 12.3. The highest BCUT2D eigenvalue weighted by Crippen LogP contribution is 2.14. The molecule has 1 N–H and O–H groups in total. The van der Waals surface area contributed by atoms with E-state index >= 15 is 0 Å². The van der Waals surface area contributed by atoms with Crippen molar-refractivity contribution in [2.24, 2.45) is 0 Å². The van der Waals surface area contributed by atoms with E-state index in [1.165, 1.54) is 11.1 Å². The lowest BCUT2D eigenvalue weighted by molar-refractivity contribution is -0.132. The SMILES string of the molecule is Cc1ccc(CC(=O)N2CCNC(C)(C)C2)cc1C. The summed E-state index contributed by atoms with van der Waals surface area (Å²) in [4.78, 5) is 14.3. The summed E-state index contributed by atoms with van der Waals surface area (Å²) in [5.41, 5.74) is 3.67. The Bertz CT molecular complexity index is 480. The van der Waals surface area contributed by atoms with Crippen LogP contribution in [0.3, 0.4) is 0 Å². The molecule has 0 radical (unpaired) electrons. The Hall–Kier alpha value is -1.35. The number of hydrogen-bond acceptors (Lipinski definition) is 2. The molecule has 0 saturated carbocycles. The first-order chi connectivity index (χ1) is 8.87. The predicted octanol–water partition coefficient (Wildman–Crippen LogP) is 2.06. The van der Waals surface area contributed by atoms with Crippen molar-refractivity contribution >= 4 is 5.91 Å². The second-order valence-electron chi connectivity index (χ2n) is 6.22. The third kappa shape index (κ3) is 3.57. The zero-order valence-corrected chi connectivity index (χ0v) is 12.4. The molecule has 3 nitrogen and oxygen atoms in total. The zero-order valence-electron chi connectivity index (χ0n) is 12.4. The van der Waals surface area contributed by atoms with Gasteiger partial charge in [-0.3, -0.25) is 4.79 Å². The van der Waals surface area contributed by atoms with Crippen molar-refractivity contribution in [3.05, 3.63) is 34.9 Å². The number of hydrogen-bond donors (Lipinski definition) is 1. The third-order valence-corrected chi connectivity index (χ3v) is 3.85. The second-order valence-corrected chi connectivity index (χ2v) is 6.22. The van der Waals surface area contributed by atoms with E-state index in [9.17, 15) is 4.79 Å². The molecule has 0 bridgehead atoms. The van der Waals surface area contributed by atoms with Crippen LogP contribution in [0.4, 0.5) is 0 Å². The van der Waals surface area contributed by atoms with Gasteiger partial charge in [-0.2, -0.15) is 0 Å². The standard InChI is InChI=1S/C16H24N2O/c1-12-5-6-14(9-13(12)2)10-15(19)18-8-7-17-16(3,4)11-18/h5-6,9,17H,7-8,10-11H2,1-4H3. The first kappa shape index (κ1) is 14.1. The van der Waals surface area contributed by atoms with Crippen LogP contribution in [0.25, 0.3) is 0 Å². The van der Waals surface area contributed by atoms with Crippen molar-refractivity contribution in [2.45, 2.75) is 39.7 Å². The predicted molar refractivity (Wildman–Crippen MR) is 78.3 cm³/mol. The van der Waals surface area contributed by atoms with Crippen LogP contribution in [0.5, 0.6) is 0 Å². The maximum Gasteiger partial charge on any atom is 0.227 e. The molecule has 0 aliphatic carbocycles. The highest BCUT2D eigenvalue weighted by molar-refractivity contribution is 5.79. The highest BCUT2D eigenvalue weighted by Gasteiger charge is 2.28. The van der Waals surface area contributed by atoms with Gasteiger partial charge in [0.2, 0.25) is 5.91 Å². The summed E-state index contributed by atoms with van der Waals surface area (Å²) >= 11 is 0. The molecule has 2 rings (SSSR count). The van der Waals surface area contributed by atoms with Crippen molar-refractivity contribution < 1.29 is 4.79 Å². The Balaban J connectivity index is 2.02. The van der Waals surface area contributed by atoms with Gasteiger partial charge < -0.3 is 10.2 Å². The van der Waals surface area contributed by atoms with E-state index in [-0.39, 0.29) is 11.4 Å². The minimum absolute atomic E-state index is 0.0249. The first-order valence-electron chi connectivity index (χ1n) is 6.96. The smallest absolute Gasteiger partial charge is 0.227 e. The lowest BCUT2D eigenvalue weighted by Gasteiger charge is -2.39. The summed E-state index contributed by atoms with van der Waals surface area (Å²) in [5.74, 6) is 0.234. The Morgan fingerprint density at radius 1 is 1.32 bits per heavy atom. The van der Waals surface area contributed by atoms with E-state index in [2.05, 4.69) is 51.2 Å². The molecule has 0 atom stereocenters. The summed E-state index contributed by atoms with van der Waals surface area (Å²) in [6.45, 7) is 11.0. The lowest BCUT2D eigenvalue weighted by atomic mass is 10.0. The minimum Gasteiger partial charge on any atom is -0.339 e. The van der Waals surface area contributed by atoms with Crippen LogP contribution in [0.15, 0.2) is 18.2 Å². The van der Waals surface area contributed by atoms with Gasteiger partial charge in [-0.15, -0.1) is 0 Å². The molecule has 3 heteroatoms. The van der Waals surface area contributed by atoms with Crippen LogP contribution < -0.4 is 5.32 Å². The fourth-order valence-corrected chi connectivity index (χ4v) is 2.55. The Morgan fingerprint density at radius 2 is 2.05 bits per heavy atom. The third-order valence-electron chi connectivity index (χ3n) is 3.85. The van der Waals surface area contributed by atoms with Crippen LogP contribution in [-0.4, -0.2) is 36.0 Å². The van der Waals surface area contributed by atoms with Gasteiger partial charge in [-0.05, 0) is 44.4 Å². The molecule has 1 fully saturated rings. The Labute approximate surface area is 116 Å². The van der Waals surface area contributed by atoms with Crippen LogP contribution in [0.2, 0.25) is 0 Å². The van der Waals surface area contributed by atoms with Crippen molar-refractivity contribution in [1.82, 2.24) is 10.2 Å². The molecular weight excluding hydrogens is 236 g/mol. The summed E-state index contributed by atoms with van der Waals surface area (Å²) in [5, 5.41) is 3.43. The van der Waals surface area contributed by atoms with Crippen molar-refractivity contribution in [2.75, 3.05) is 19.6 Å². The average Bonchev–Trinajstić information content (AvgIpc) is 2.32. The van der Waals surface area contributed by atoms with Gasteiger partial charge in [-0.25, -0.2) is 0 Å². The fourth-order valence-electron chi connectivity index (χ4n) is 2.55. The van der Waals surface area contributed by atoms with Gasteiger partial charge in [-0.1, -0.05) is 18.2 Å². The number of carbonyl (C=O) groups excluding carboxylic acids is 1. The maximum absolute atomic E-state index is 12.3. The quantitative estimate of drug-likeness (QED) is 0.882. The number of nitrogens with one attached hydrogen (secondary N) is 1. The number of nitrogens with zero attached hydrogens (tertiary/aromatic N) is 1. The van der Waals surface area contributed by atoms with Gasteiger partial charge in [0.25, 0.3) is 0 Å². The molecule has 0 aromatic heterocycles. The van der Waals surface area contributed by atoms with E-state index in [4.69, 9.17) is 0 Å². The molecule has 19 heavy (non-hydrogen) atoms. The number of benzene rings is 1. The number of rotatable bonds is 2. The van der Waals surface area contributed by atoms with Gasteiger partial charge in [0.1, 0.15) is 0 Å². The fraction of sp³-hybridized carbons (Fsp3) is 0.562. The lowest BCUT2D eigenvalue weighted by Crippen LogP contribution is -2.58. The molecule has 1 aliphatic rings. The number of amides is 1. The van der Waals surface area contributed by atoms with Gasteiger partial charge in [0.05, 0.1) is 6.42 Å². The van der Waals surface area contributed by atoms with Gasteiger partial charge in [0.15, 0.2) is 0 Å². The van der Waals surface area contributed by atoms with E-state index in [0.29, 0.717) is 6.42 Å². The van der Waals surface area contributed by atoms with Gasteiger partial charge in [0, 0.05) is 25.2 Å². The first-order valence-corrected chi connectivity index (χ1v) is 6.96. The second kappa shape index (κ2) is 5.33.